The summed E-state index contributed by atoms with van der Waals surface area (Å²) < 4.78 is 53.4. The van der Waals surface area contributed by atoms with E-state index < -0.39 is 12.8 Å². The average Bonchev–Trinajstić information content (AvgIpc) is 2.81. The van der Waals surface area contributed by atoms with E-state index in [4.69, 9.17) is 14.2 Å². The van der Waals surface area contributed by atoms with Crippen LogP contribution in [0.25, 0.3) is 6.08 Å². The quantitative estimate of drug-likeness (QED) is 0.278. The second-order valence-corrected chi connectivity index (χ2v) is 7.55. The first-order chi connectivity index (χ1) is 16.2. The van der Waals surface area contributed by atoms with Gasteiger partial charge in [0.1, 0.15) is 12.4 Å². The summed E-state index contributed by atoms with van der Waals surface area (Å²) in [6.07, 6.45) is 0.107. The lowest BCUT2D eigenvalue weighted by Crippen LogP contribution is -2.20. The third-order valence-corrected chi connectivity index (χ3v) is 4.97. The lowest BCUT2D eigenvalue weighted by molar-refractivity contribution is -0.153. The van der Waals surface area contributed by atoms with Crippen LogP contribution in [-0.4, -0.2) is 30.7 Å². The van der Waals surface area contributed by atoms with E-state index in [2.05, 4.69) is 4.98 Å². The summed E-state index contributed by atoms with van der Waals surface area (Å²) in [6.45, 7) is 2.20. The van der Waals surface area contributed by atoms with Gasteiger partial charge >= 0.3 is 6.18 Å². The van der Waals surface area contributed by atoms with Crippen LogP contribution in [0.4, 0.5) is 13.2 Å². The molecule has 3 aromatic rings. The van der Waals surface area contributed by atoms with E-state index >= 15 is 0 Å². The van der Waals surface area contributed by atoms with Gasteiger partial charge in [-0.25, -0.2) is 0 Å². The smallest absolute Gasteiger partial charge is 0.422 e. The van der Waals surface area contributed by atoms with E-state index in [1.54, 1.807) is 43.3 Å². The topological polar surface area (TPSA) is 57.7 Å². The van der Waals surface area contributed by atoms with Crippen molar-refractivity contribution in [2.24, 2.45) is 0 Å². The van der Waals surface area contributed by atoms with Crippen molar-refractivity contribution in [3.05, 3.63) is 88.8 Å². The molecule has 0 aliphatic heterocycles. The van der Waals surface area contributed by atoms with E-state index in [-0.39, 0.29) is 18.1 Å². The minimum Gasteiger partial charge on any atom is -0.493 e. The molecule has 0 saturated heterocycles. The summed E-state index contributed by atoms with van der Waals surface area (Å²) in [7, 11) is 1.49. The zero-order valence-electron chi connectivity index (χ0n) is 19.0. The van der Waals surface area contributed by atoms with Gasteiger partial charge in [-0.15, -0.1) is 0 Å². The number of rotatable bonds is 9. The maximum Gasteiger partial charge on any atom is 0.422 e. The summed E-state index contributed by atoms with van der Waals surface area (Å²) >= 11 is 0. The van der Waals surface area contributed by atoms with Crippen LogP contribution in [0.1, 0.15) is 32.7 Å². The van der Waals surface area contributed by atoms with Crippen molar-refractivity contribution in [2.75, 3.05) is 13.7 Å². The number of hydrogen-bond acceptors (Lipinski definition) is 5. The van der Waals surface area contributed by atoms with E-state index in [9.17, 15) is 18.0 Å². The van der Waals surface area contributed by atoms with Crippen LogP contribution in [0.3, 0.4) is 0 Å². The highest BCUT2D eigenvalue weighted by molar-refractivity contribution is 6.06. The molecule has 1 heterocycles. The molecule has 0 aliphatic carbocycles. The lowest BCUT2D eigenvalue weighted by atomic mass is 10.1. The summed E-state index contributed by atoms with van der Waals surface area (Å²) in [5.74, 6) is 0.837. The summed E-state index contributed by atoms with van der Waals surface area (Å²) in [5, 5.41) is 0. The van der Waals surface area contributed by atoms with E-state index in [0.717, 1.165) is 11.1 Å². The molecule has 0 N–H and O–H groups in total. The van der Waals surface area contributed by atoms with Gasteiger partial charge in [0.2, 0.25) is 0 Å². The number of benzene rings is 2. The number of carbonyl (C=O) groups excluding carboxylic acids is 1. The number of aryl methyl sites for hydroxylation is 1. The standard InChI is InChI=1S/C26H24F3NO4/c1-17-4-8-20(9-5-17)22(31)10-6-19-7-11-24(25(14-19)32-3)33-15-21-18(2)23(12-13-30-21)34-16-26(27,28)29/h4-14H,15-16H2,1-3H3/b10-6+. The van der Waals surface area contributed by atoms with Gasteiger partial charge in [-0.1, -0.05) is 42.0 Å². The first kappa shape index (κ1) is 24.8. The van der Waals surface area contributed by atoms with Crippen LogP contribution in [0.15, 0.2) is 60.8 Å². The fourth-order valence-corrected chi connectivity index (χ4v) is 3.06. The normalized spacial score (nSPS) is 11.5. The van der Waals surface area contributed by atoms with Gasteiger partial charge in [0.15, 0.2) is 23.9 Å². The molecule has 3 rings (SSSR count). The molecule has 0 fully saturated rings. The maximum absolute atomic E-state index is 12.5. The molecule has 0 spiro atoms. The van der Waals surface area contributed by atoms with Crippen molar-refractivity contribution < 1.29 is 32.2 Å². The van der Waals surface area contributed by atoms with Gasteiger partial charge in [0, 0.05) is 17.3 Å². The Hall–Kier alpha value is -3.81. The number of aromatic nitrogens is 1. The number of ether oxygens (including phenoxy) is 3. The Kier molecular flexibility index (Phi) is 7.94. The molecule has 0 radical (unpaired) electrons. The van der Waals surface area contributed by atoms with Crippen molar-refractivity contribution in [3.8, 4) is 17.2 Å². The third kappa shape index (κ3) is 6.84. The minimum atomic E-state index is -4.43. The van der Waals surface area contributed by atoms with Crippen molar-refractivity contribution in [2.45, 2.75) is 26.6 Å². The maximum atomic E-state index is 12.5. The van der Waals surface area contributed by atoms with Crippen molar-refractivity contribution in [3.63, 3.8) is 0 Å². The molecule has 0 unspecified atom stereocenters. The number of pyridine rings is 1. The number of halogens is 3. The average molecular weight is 471 g/mol. The van der Waals surface area contributed by atoms with Crippen molar-refractivity contribution >= 4 is 11.9 Å². The minimum absolute atomic E-state index is 0.00646. The lowest BCUT2D eigenvalue weighted by Gasteiger charge is -2.15. The van der Waals surface area contributed by atoms with Gasteiger partial charge in [-0.2, -0.15) is 13.2 Å². The second-order valence-electron chi connectivity index (χ2n) is 7.55. The number of alkyl halides is 3. The Morgan fingerprint density at radius 3 is 2.38 bits per heavy atom. The Morgan fingerprint density at radius 2 is 1.71 bits per heavy atom. The first-order valence-corrected chi connectivity index (χ1v) is 10.4. The van der Waals surface area contributed by atoms with E-state index in [1.807, 2.05) is 19.1 Å². The SMILES string of the molecule is COc1cc(/C=C/C(=O)c2ccc(C)cc2)ccc1OCc1nccc(OCC(F)(F)F)c1C. The Labute approximate surface area is 195 Å². The van der Waals surface area contributed by atoms with Gasteiger partial charge in [0.25, 0.3) is 0 Å². The first-order valence-electron chi connectivity index (χ1n) is 10.4. The molecule has 0 bridgehead atoms. The predicted molar refractivity (Wildman–Crippen MR) is 122 cm³/mol. The molecule has 34 heavy (non-hydrogen) atoms. The van der Waals surface area contributed by atoms with Crippen LogP contribution < -0.4 is 14.2 Å². The molecule has 0 saturated carbocycles. The third-order valence-electron chi connectivity index (χ3n) is 4.97. The highest BCUT2D eigenvalue weighted by Gasteiger charge is 2.28. The molecule has 0 aliphatic rings. The van der Waals surface area contributed by atoms with E-state index in [1.165, 1.54) is 25.4 Å². The molecule has 5 nitrogen and oxygen atoms in total. The number of allylic oxidation sites excluding steroid dienone is 1. The Balaban J connectivity index is 1.68. The van der Waals surface area contributed by atoms with Crippen LogP contribution in [0.5, 0.6) is 17.2 Å². The van der Waals surface area contributed by atoms with Gasteiger partial charge in [0.05, 0.1) is 12.8 Å². The second kappa shape index (κ2) is 10.9. The Morgan fingerprint density at radius 1 is 0.971 bits per heavy atom. The molecular weight excluding hydrogens is 447 g/mol. The van der Waals surface area contributed by atoms with Gasteiger partial charge in [-0.3, -0.25) is 9.78 Å². The molecule has 8 heteroatoms. The molecule has 0 atom stereocenters. The Bertz CT molecular complexity index is 1170. The number of carbonyl (C=O) groups is 1. The van der Waals surface area contributed by atoms with Gasteiger partial charge in [-0.05, 0) is 43.7 Å². The summed E-state index contributed by atoms with van der Waals surface area (Å²) in [4.78, 5) is 16.5. The molecule has 0 amide bonds. The highest BCUT2D eigenvalue weighted by atomic mass is 19.4. The molecule has 1 aromatic heterocycles. The predicted octanol–water partition coefficient (Wildman–Crippen LogP) is 6.12. The number of methoxy groups -OCH3 is 1. The van der Waals surface area contributed by atoms with Gasteiger partial charge < -0.3 is 14.2 Å². The largest absolute Gasteiger partial charge is 0.493 e. The molecule has 178 valence electrons. The summed E-state index contributed by atoms with van der Waals surface area (Å²) in [6, 6.07) is 13.9. The van der Waals surface area contributed by atoms with Crippen LogP contribution in [0.2, 0.25) is 0 Å². The monoisotopic (exact) mass is 471 g/mol. The van der Waals surface area contributed by atoms with Crippen LogP contribution in [0, 0.1) is 13.8 Å². The van der Waals surface area contributed by atoms with Crippen molar-refractivity contribution in [1.82, 2.24) is 4.98 Å². The van der Waals surface area contributed by atoms with Crippen LogP contribution >= 0.6 is 0 Å². The van der Waals surface area contributed by atoms with E-state index in [0.29, 0.717) is 28.3 Å². The fourth-order valence-electron chi connectivity index (χ4n) is 3.06. The molecular formula is C26H24F3NO4. The highest BCUT2D eigenvalue weighted by Crippen LogP contribution is 2.30. The number of ketones is 1. The zero-order valence-corrected chi connectivity index (χ0v) is 19.0. The van der Waals surface area contributed by atoms with Crippen molar-refractivity contribution in [1.29, 1.82) is 0 Å². The fraction of sp³-hybridized carbons (Fsp3) is 0.231. The molecule has 2 aromatic carbocycles. The zero-order chi connectivity index (χ0) is 24.7. The number of hydrogen-bond donors (Lipinski definition) is 0. The van der Waals surface area contributed by atoms with Crippen LogP contribution in [-0.2, 0) is 6.61 Å². The number of nitrogens with zero attached hydrogens (tertiary/aromatic N) is 1. The summed E-state index contributed by atoms with van der Waals surface area (Å²) in [5.41, 5.74) is 3.31.